The number of ether oxygens (including phenoxy) is 5. The Morgan fingerprint density at radius 1 is 0.591 bits per heavy atom. The third kappa shape index (κ3) is 14.3. The van der Waals surface area contributed by atoms with Gasteiger partial charge in [-0.05, 0) is 114 Å². The zero-order valence-electron chi connectivity index (χ0n) is 51.1. The number of anilines is 2. The number of aryl methyl sites for hydroxylation is 2. The summed E-state index contributed by atoms with van der Waals surface area (Å²) in [4.78, 5) is 57.0. The molecule has 2 spiro atoms. The van der Waals surface area contributed by atoms with Crippen molar-refractivity contribution in [3.63, 3.8) is 0 Å². The molecule has 23 nitrogen and oxygen atoms in total. The molecular formula is C65H63F5N16O7. The number of nitrogen functional groups attached to an aromatic ring is 2. The molecule has 480 valence electrons. The third-order valence-electron chi connectivity index (χ3n) is 16.1. The van der Waals surface area contributed by atoms with Crippen LogP contribution in [0.3, 0.4) is 0 Å². The maximum Gasteiger partial charge on any atom is 0.446 e. The lowest BCUT2D eigenvalue weighted by Gasteiger charge is -2.58. The molecule has 0 atom stereocenters. The standard InChI is InChI=1S/C34H35FN8O4.C29H27FN8O2.C2HF3O/c1-20-37-14-21(15-38-20)16-45-26-9-23(35)10-27(11-26)46-25-7-5-22(6-8-25)29-28-30(36)39-19-40-31(28)43(41-29)24-12-34(13-24)17-42(18-34)32(44)47-33(2,3)4;1-17-33-11-18(12-34-17)13-39-23-6-20(30)7-24(8-23)40-22-4-2-19(3-5-22)26-25-27(31)35-16-36-28(25)38(37-26)21-9-29(10-21)14-32-15-29;3-2(4,5)1-6/h5-11,14-15,19,24H,12-13,16-18H2,1-4H3,(H2,36,39,40);2-8,11-12,16,21,32H,9-10,13-15H2,1H3,(H2,31,35,36);1H. The van der Waals surface area contributed by atoms with Crippen LogP contribution in [-0.4, -0.2) is 115 Å². The highest BCUT2D eigenvalue weighted by Crippen LogP contribution is 2.55. The van der Waals surface area contributed by atoms with Crippen LogP contribution in [-0.2, 0) is 22.7 Å². The predicted octanol–water partition coefficient (Wildman–Crippen LogP) is 11.6. The molecule has 4 aromatic carbocycles. The second-order valence-corrected chi connectivity index (χ2v) is 24.6. The van der Waals surface area contributed by atoms with Crippen LogP contribution in [0.5, 0.6) is 34.5 Å². The van der Waals surface area contributed by atoms with E-state index in [1.54, 1.807) is 60.9 Å². The van der Waals surface area contributed by atoms with Crippen LogP contribution in [0, 0.1) is 36.3 Å². The monoisotopic (exact) mass is 1270 g/mol. The number of likely N-dealkylation sites (tertiary alicyclic amines) is 1. The number of rotatable bonds is 14. The SMILES string of the molecule is Cc1ncc(COc2cc(F)cc(Oc3ccc(-c4nn(C5CC6(C5)CN(C(=O)OC(C)(C)C)C6)c5ncnc(N)c45)cc3)c2)cn1.Cc1ncc(COc2cc(F)cc(Oc3ccc(-c4nn(C5CC6(CNC6)C5)c5ncnc(N)c45)cc3)c2)cn1.O=CC(F)(F)F. The smallest absolute Gasteiger partial charge is 0.446 e. The van der Waals surface area contributed by atoms with Crippen LogP contribution in [0.25, 0.3) is 44.6 Å². The Bertz CT molecular complexity index is 4350. The van der Waals surface area contributed by atoms with Gasteiger partial charge in [-0.3, -0.25) is 4.79 Å². The van der Waals surface area contributed by atoms with Gasteiger partial charge < -0.3 is 45.4 Å². The maximum absolute atomic E-state index is 14.4. The summed E-state index contributed by atoms with van der Waals surface area (Å²) in [5.41, 5.74) is 18.6. The number of nitrogens with one attached hydrogen (secondary N) is 1. The van der Waals surface area contributed by atoms with Crippen LogP contribution < -0.4 is 35.7 Å². The van der Waals surface area contributed by atoms with E-state index in [9.17, 15) is 26.7 Å². The molecule has 4 fully saturated rings. The Kier molecular flexibility index (Phi) is 17.0. The molecule has 8 heterocycles. The molecule has 2 aliphatic heterocycles. The number of halogens is 5. The van der Waals surface area contributed by atoms with Crippen molar-refractivity contribution in [1.29, 1.82) is 0 Å². The number of benzene rings is 4. The topological polar surface area (TPSA) is 286 Å². The van der Waals surface area contributed by atoms with Crippen LogP contribution in [0.15, 0.2) is 122 Å². The first kappa shape index (κ1) is 62.7. The van der Waals surface area contributed by atoms with Gasteiger partial charge in [0.05, 0.1) is 22.9 Å². The van der Waals surface area contributed by atoms with Gasteiger partial charge in [0.1, 0.15) is 112 Å². The Morgan fingerprint density at radius 3 is 1.37 bits per heavy atom. The number of nitrogens with two attached hydrogens (primary N) is 2. The van der Waals surface area contributed by atoms with Crippen molar-refractivity contribution < 1.29 is 55.2 Å². The summed E-state index contributed by atoms with van der Waals surface area (Å²) >= 11 is 0. The van der Waals surface area contributed by atoms with Gasteiger partial charge in [-0.2, -0.15) is 23.4 Å². The second kappa shape index (κ2) is 25.3. The number of nitrogens with zero attached hydrogens (tertiary/aromatic N) is 13. The van der Waals surface area contributed by atoms with E-state index in [1.165, 1.54) is 36.9 Å². The molecule has 5 N–H and O–H groups in total. The average Bonchev–Trinajstić information content (AvgIpc) is 1.72. The van der Waals surface area contributed by atoms with Gasteiger partial charge in [-0.1, -0.05) is 0 Å². The van der Waals surface area contributed by atoms with Crippen LogP contribution in [0.2, 0.25) is 0 Å². The first-order chi connectivity index (χ1) is 44.4. The minimum absolute atomic E-state index is 0.0640. The quantitative estimate of drug-likeness (QED) is 0.0673. The molecule has 2 saturated heterocycles. The van der Waals surface area contributed by atoms with Gasteiger partial charge in [-0.25, -0.2) is 62.8 Å². The molecule has 10 aromatic rings. The molecule has 1 amide bonds. The zero-order valence-corrected chi connectivity index (χ0v) is 51.1. The van der Waals surface area contributed by atoms with E-state index in [-0.39, 0.29) is 36.8 Å². The minimum Gasteiger partial charge on any atom is -0.489 e. The Morgan fingerprint density at radius 2 is 0.989 bits per heavy atom. The van der Waals surface area contributed by atoms with E-state index in [0.29, 0.717) is 93.0 Å². The molecule has 0 radical (unpaired) electrons. The van der Waals surface area contributed by atoms with Crippen molar-refractivity contribution in [2.75, 3.05) is 37.6 Å². The molecule has 2 aliphatic carbocycles. The van der Waals surface area contributed by atoms with Crippen molar-refractivity contribution in [2.24, 2.45) is 10.8 Å². The number of hydrogen-bond acceptors (Lipinski definition) is 20. The molecule has 28 heteroatoms. The normalized spacial score (nSPS) is 16.2. The summed E-state index contributed by atoms with van der Waals surface area (Å²) in [7, 11) is 0. The Labute approximate surface area is 528 Å². The van der Waals surface area contributed by atoms with Crippen LogP contribution in [0.1, 0.15) is 81.3 Å². The van der Waals surface area contributed by atoms with Gasteiger partial charge >= 0.3 is 12.3 Å². The van der Waals surface area contributed by atoms with Gasteiger partial charge in [0.2, 0.25) is 6.29 Å². The van der Waals surface area contributed by atoms with Crippen molar-refractivity contribution in [1.82, 2.24) is 69.6 Å². The Hall–Kier alpha value is -10.5. The number of carbonyl (C=O) groups excluding carboxylic acids is 2. The predicted molar refractivity (Wildman–Crippen MR) is 330 cm³/mol. The van der Waals surface area contributed by atoms with Crippen molar-refractivity contribution in [3.8, 4) is 57.0 Å². The number of hydrogen-bond donors (Lipinski definition) is 3. The summed E-state index contributed by atoms with van der Waals surface area (Å²) in [6.45, 7) is 13.1. The van der Waals surface area contributed by atoms with Crippen molar-refractivity contribution >= 4 is 46.1 Å². The summed E-state index contributed by atoms with van der Waals surface area (Å²) < 4.78 is 92.9. The largest absolute Gasteiger partial charge is 0.489 e. The molecule has 14 rings (SSSR count). The molecule has 0 bridgehead atoms. The van der Waals surface area contributed by atoms with Gasteiger partial charge in [-0.15, -0.1) is 0 Å². The molecule has 93 heavy (non-hydrogen) atoms. The summed E-state index contributed by atoms with van der Waals surface area (Å²) in [6.07, 6.45) is 7.56. The van der Waals surface area contributed by atoms with Crippen molar-refractivity contribution in [3.05, 3.63) is 157 Å². The lowest BCUT2D eigenvalue weighted by atomic mass is 9.61. The molecule has 4 aliphatic rings. The number of alkyl halides is 3. The highest BCUT2D eigenvalue weighted by Gasteiger charge is 2.56. The number of aromatic nitrogens is 12. The fourth-order valence-corrected chi connectivity index (χ4v) is 11.7. The fraction of sp³-hybridized carbons (Fsp3) is 0.323. The van der Waals surface area contributed by atoms with Gasteiger partial charge in [0.25, 0.3) is 0 Å². The summed E-state index contributed by atoms with van der Waals surface area (Å²) in [6, 6.07) is 23.6. The van der Waals surface area contributed by atoms with E-state index in [2.05, 4.69) is 45.2 Å². The first-order valence-electron chi connectivity index (χ1n) is 29.6. The summed E-state index contributed by atoms with van der Waals surface area (Å²) in [5, 5.41) is 14.7. The summed E-state index contributed by atoms with van der Waals surface area (Å²) in [5.74, 6) is 3.44. The highest BCUT2D eigenvalue weighted by molar-refractivity contribution is 5.99. The number of carbonyl (C=O) groups is 2. The maximum atomic E-state index is 14.4. The molecule has 2 saturated carbocycles. The fourth-order valence-electron chi connectivity index (χ4n) is 11.7. The number of aldehydes is 1. The first-order valence-corrected chi connectivity index (χ1v) is 29.6. The van der Waals surface area contributed by atoms with Crippen LogP contribution >= 0.6 is 0 Å². The molecule has 0 unspecified atom stereocenters. The van der Waals surface area contributed by atoms with Crippen molar-refractivity contribution in [2.45, 2.75) is 97.4 Å². The second-order valence-electron chi connectivity index (χ2n) is 24.6. The number of amides is 1. The van der Waals surface area contributed by atoms with E-state index in [0.717, 1.165) is 77.8 Å². The zero-order chi connectivity index (χ0) is 65.4. The van der Waals surface area contributed by atoms with Crippen LogP contribution in [0.4, 0.5) is 38.4 Å². The lowest BCUT2D eigenvalue weighted by Crippen LogP contribution is -2.64. The third-order valence-corrected chi connectivity index (χ3v) is 16.1. The van der Waals surface area contributed by atoms with E-state index >= 15 is 0 Å². The molecular weight excluding hydrogens is 1210 g/mol. The number of fused-ring (bicyclic) bond motifs is 2. The van der Waals surface area contributed by atoms with Gasteiger partial charge in [0.15, 0.2) is 11.3 Å². The van der Waals surface area contributed by atoms with Gasteiger partial charge in [0, 0.05) is 115 Å². The minimum atomic E-state index is -4.64. The van der Waals surface area contributed by atoms with E-state index < -0.39 is 29.7 Å². The van der Waals surface area contributed by atoms with E-state index in [1.807, 2.05) is 73.5 Å². The van der Waals surface area contributed by atoms with E-state index in [4.69, 9.17) is 50.1 Å². The average molecular weight is 1280 g/mol. The lowest BCUT2D eigenvalue weighted by molar-refractivity contribution is -0.156. The highest BCUT2D eigenvalue weighted by atomic mass is 19.4. The Balaban J connectivity index is 0.000000166. The molecule has 6 aromatic heterocycles.